The molecule has 0 aromatic heterocycles. The molecule has 1 fully saturated rings. The maximum Gasteiger partial charge on any atom is 0.349 e. The topological polar surface area (TPSA) is 52.0 Å². The molecule has 20 heavy (non-hydrogen) atoms. The van der Waals surface area contributed by atoms with Crippen LogP contribution in [0.1, 0.15) is 20.3 Å². The minimum atomic E-state index is -5.58. The Bertz CT molecular complexity index is 347. The van der Waals surface area contributed by atoms with E-state index < -0.39 is 41.4 Å². The van der Waals surface area contributed by atoms with Crippen molar-refractivity contribution in [2.24, 2.45) is 17.4 Å². The van der Waals surface area contributed by atoms with Crippen molar-refractivity contribution in [1.29, 1.82) is 0 Å². The molecule has 0 aromatic rings. The summed E-state index contributed by atoms with van der Waals surface area (Å²) in [7, 11) is 0. The standard InChI is InChI=1S/C9H13F7N2.2ClH/c1-4(2)5(10)3-6(11,12)9(16,18)7(13,14)8(5,15)17;;/h4H,3,17-18H2,1-2H3;2*1H. The highest BCUT2D eigenvalue weighted by Crippen LogP contribution is 2.60. The van der Waals surface area contributed by atoms with Crippen molar-refractivity contribution in [3.8, 4) is 0 Å². The van der Waals surface area contributed by atoms with Crippen LogP contribution in [0.5, 0.6) is 0 Å². The van der Waals surface area contributed by atoms with Gasteiger partial charge in [-0.2, -0.15) is 8.78 Å². The van der Waals surface area contributed by atoms with Crippen LogP contribution in [0.3, 0.4) is 0 Å². The molecule has 0 aliphatic heterocycles. The summed E-state index contributed by atoms with van der Waals surface area (Å²) in [6.07, 6.45) is -2.16. The van der Waals surface area contributed by atoms with Gasteiger partial charge < -0.3 is 0 Å². The molecule has 0 radical (unpaired) electrons. The van der Waals surface area contributed by atoms with Gasteiger partial charge >= 0.3 is 11.8 Å². The van der Waals surface area contributed by atoms with Crippen molar-refractivity contribution in [3.63, 3.8) is 0 Å². The number of hydrogen-bond donors (Lipinski definition) is 2. The van der Waals surface area contributed by atoms with Crippen LogP contribution in [0, 0.1) is 5.92 Å². The monoisotopic (exact) mass is 354 g/mol. The molecule has 1 saturated carbocycles. The summed E-state index contributed by atoms with van der Waals surface area (Å²) in [5, 5.41) is 0. The first-order valence-electron chi connectivity index (χ1n) is 5.05. The van der Waals surface area contributed by atoms with Gasteiger partial charge in [-0.15, -0.1) is 24.8 Å². The average Bonchev–Trinajstić information content (AvgIpc) is 2.13. The Kier molecular flexibility index (Phi) is 5.94. The quantitative estimate of drug-likeness (QED) is 0.561. The molecule has 0 aromatic carbocycles. The third-order valence-electron chi connectivity index (χ3n) is 3.45. The number of rotatable bonds is 1. The normalized spacial score (nSPS) is 42.6. The van der Waals surface area contributed by atoms with Crippen molar-refractivity contribution in [3.05, 3.63) is 0 Å². The van der Waals surface area contributed by atoms with Crippen LogP contribution < -0.4 is 11.5 Å². The molecule has 124 valence electrons. The predicted molar refractivity (Wildman–Crippen MR) is 63.7 cm³/mol. The van der Waals surface area contributed by atoms with Crippen LogP contribution in [0.2, 0.25) is 0 Å². The molecule has 1 rings (SSSR count). The summed E-state index contributed by atoms with van der Waals surface area (Å²) in [6.45, 7) is 1.77. The van der Waals surface area contributed by atoms with Gasteiger partial charge in [-0.3, -0.25) is 11.5 Å². The van der Waals surface area contributed by atoms with Gasteiger partial charge in [0, 0.05) is 0 Å². The van der Waals surface area contributed by atoms with E-state index in [2.05, 4.69) is 11.5 Å². The van der Waals surface area contributed by atoms with Crippen molar-refractivity contribution in [2.75, 3.05) is 0 Å². The Balaban J connectivity index is 0. The highest BCUT2D eigenvalue weighted by atomic mass is 35.5. The Morgan fingerprint density at radius 1 is 0.800 bits per heavy atom. The second-order valence-corrected chi connectivity index (χ2v) is 4.90. The summed E-state index contributed by atoms with van der Waals surface area (Å²) in [6, 6.07) is 0. The Hall–Kier alpha value is 0.01000. The first-order valence-corrected chi connectivity index (χ1v) is 5.05. The van der Waals surface area contributed by atoms with Gasteiger partial charge in [0.25, 0.3) is 11.6 Å². The fourth-order valence-electron chi connectivity index (χ4n) is 1.96. The SMILES string of the molecule is CC(C)C1(F)CC(F)(F)C(N)(F)C(F)(F)C1(N)F.Cl.Cl. The molecular formula is C9H15Cl2F7N2. The van der Waals surface area contributed by atoms with Crippen molar-refractivity contribution in [1.82, 2.24) is 0 Å². The van der Waals surface area contributed by atoms with Gasteiger partial charge in [0.1, 0.15) is 0 Å². The third-order valence-corrected chi connectivity index (χ3v) is 3.45. The highest BCUT2D eigenvalue weighted by molar-refractivity contribution is 5.85. The van der Waals surface area contributed by atoms with Gasteiger partial charge in [0.15, 0.2) is 5.67 Å². The molecular weight excluding hydrogens is 340 g/mol. The molecule has 3 atom stereocenters. The Labute approximate surface area is 123 Å². The lowest BCUT2D eigenvalue weighted by atomic mass is 9.67. The van der Waals surface area contributed by atoms with E-state index in [4.69, 9.17) is 0 Å². The van der Waals surface area contributed by atoms with E-state index in [1.165, 1.54) is 0 Å². The number of halogens is 9. The smallest absolute Gasteiger partial charge is 0.291 e. The van der Waals surface area contributed by atoms with E-state index in [1.54, 1.807) is 0 Å². The van der Waals surface area contributed by atoms with Gasteiger partial charge in [-0.25, -0.2) is 22.0 Å². The zero-order valence-electron chi connectivity index (χ0n) is 10.4. The third kappa shape index (κ3) is 2.26. The number of alkyl halides is 7. The second kappa shape index (κ2) is 5.33. The Morgan fingerprint density at radius 3 is 1.45 bits per heavy atom. The average molecular weight is 355 g/mol. The lowest BCUT2D eigenvalue weighted by molar-refractivity contribution is -0.362. The first kappa shape index (κ1) is 22.3. The van der Waals surface area contributed by atoms with Crippen molar-refractivity contribution in [2.45, 2.75) is 49.4 Å². The van der Waals surface area contributed by atoms with E-state index in [0.29, 0.717) is 0 Å². The van der Waals surface area contributed by atoms with E-state index in [-0.39, 0.29) is 24.8 Å². The zero-order valence-corrected chi connectivity index (χ0v) is 12.0. The van der Waals surface area contributed by atoms with Gasteiger partial charge in [0.05, 0.1) is 6.42 Å². The van der Waals surface area contributed by atoms with E-state index in [9.17, 15) is 30.7 Å². The first-order chi connectivity index (χ1) is 7.65. The summed E-state index contributed by atoms with van der Waals surface area (Å²) < 4.78 is 94.5. The van der Waals surface area contributed by atoms with Crippen LogP contribution >= 0.6 is 24.8 Å². The van der Waals surface area contributed by atoms with Crippen LogP contribution in [-0.4, -0.2) is 29.1 Å². The molecule has 0 saturated heterocycles. The molecule has 0 heterocycles. The summed E-state index contributed by atoms with van der Waals surface area (Å²) in [4.78, 5) is 0. The van der Waals surface area contributed by atoms with Gasteiger partial charge in [-0.05, 0) is 5.92 Å². The lowest BCUT2D eigenvalue weighted by Crippen LogP contribution is -2.84. The fraction of sp³-hybridized carbons (Fsp3) is 1.00. The van der Waals surface area contributed by atoms with Crippen LogP contribution in [0.25, 0.3) is 0 Å². The van der Waals surface area contributed by atoms with E-state index in [1.807, 2.05) is 0 Å². The molecule has 0 spiro atoms. The van der Waals surface area contributed by atoms with Crippen LogP contribution in [0.15, 0.2) is 0 Å². The lowest BCUT2D eigenvalue weighted by Gasteiger charge is -2.54. The van der Waals surface area contributed by atoms with Crippen LogP contribution in [-0.2, 0) is 0 Å². The number of hydrogen-bond acceptors (Lipinski definition) is 2. The van der Waals surface area contributed by atoms with Crippen LogP contribution in [0.4, 0.5) is 30.7 Å². The second-order valence-electron chi connectivity index (χ2n) is 4.90. The largest absolute Gasteiger partial charge is 0.349 e. The Morgan fingerprint density at radius 2 is 1.15 bits per heavy atom. The number of nitrogens with two attached hydrogens (primary N) is 2. The molecule has 1 aliphatic rings. The highest BCUT2D eigenvalue weighted by Gasteiger charge is 2.86. The van der Waals surface area contributed by atoms with Gasteiger partial charge in [0.2, 0.25) is 0 Å². The molecule has 2 nitrogen and oxygen atoms in total. The molecule has 0 amide bonds. The van der Waals surface area contributed by atoms with Gasteiger partial charge in [-0.1, -0.05) is 13.8 Å². The summed E-state index contributed by atoms with van der Waals surface area (Å²) >= 11 is 0. The van der Waals surface area contributed by atoms with E-state index >= 15 is 0 Å². The molecule has 1 aliphatic carbocycles. The van der Waals surface area contributed by atoms with Crippen molar-refractivity contribution >= 4 is 24.8 Å². The zero-order chi connectivity index (χ0) is 14.8. The summed E-state index contributed by atoms with van der Waals surface area (Å²) in [5.74, 6) is -21.9. The maximum atomic E-state index is 14.1. The minimum absolute atomic E-state index is 0. The minimum Gasteiger partial charge on any atom is -0.291 e. The summed E-state index contributed by atoms with van der Waals surface area (Å²) in [5.41, 5.74) is 4.85. The maximum absolute atomic E-state index is 14.1. The van der Waals surface area contributed by atoms with E-state index in [0.717, 1.165) is 13.8 Å². The molecule has 11 heteroatoms. The predicted octanol–water partition coefficient (Wildman–Crippen LogP) is 3.12. The molecule has 4 N–H and O–H groups in total. The van der Waals surface area contributed by atoms with Crippen molar-refractivity contribution < 1.29 is 30.7 Å². The fourth-order valence-corrected chi connectivity index (χ4v) is 1.96. The molecule has 3 unspecified atom stereocenters. The molecule has 0 bridgehead atoms.